The minimum absolute atomic E-state index is 0.0579. The number of aliphatic hydroxyl groups excluding tert-OH is 2. The monoisotopic (exact) mass is 426 g/mol. The lowest BCUT2D eigenvalue weighted by molar-refractivity contribution is -0.399. The van der Waals surface area contributed by atoms with Crippen molar-refractivity contribution >= 4 is 23.2 Å². The summed E-state index contributed by atoms with van der Waals surface area (Å²) < 4.78 is 23.6. The van der Waals surface area contributed by atoms with E-state index in [0.717, 1.165) is 0 Å². The Hall–Kier alpha value is -1.22. The van der Waals surface area contributed by atoms with E-state index in [-0.39, 0.29) is 6.61 Å². The fourth-order valence-electron chi connectivity index (χ4n) is 3.38. The largest absolute Gasteiger partial charge is 0.394 e. The van der Waals surface area contributed by atoms with Crippen molar-refractivity contribution in [2.75, 3.05) is 13.2 Å². The topological polar surface area (TPSA) is 77.4 Å². The first-order chi connectivity index (χ1) is 13.5. The van der Waals surface area contributed by atoms with Crippen LogP contribution in [0.3, 0.4) is 0 Å². The second-order valence-corrected chi connectivity index (χ2v) is 7.68. The molecule has 2 saturated heterocycles. The first-order valence-corrected chi connectivity index (χ1v) is 9.66. The number of hydrogen-bond donors (Lipinski definition) is 2. The Bertz CT molecular complexity index is 792. The van der Waals surface area contributed by atoms with E-state index in [1.165, 1.54) is 0 Å². The first-order valence-electron chi connectivity index (χ1n) is 8.90. The van der Waals surface area contributed by atoms with E-state index >= 15 is 0 Å². The van der Waals surface area contributed by atoms with E-state index in [1.807, 2.05) is 24.3 Å². The average Bonchev–Trinajstić information content (AvgIpc) is 2.74. The van der Waals surface area contributed by atoms with Crippen molar-refractivity contribution in [3.05, 3.63) is 71.8 Å². The highest BCUT2D eigenvalue weighted by molar-refractivity contribution is 6.22. The second kappa shape index (κ2) is 7.89. The number of hydrogen-bond acceptors (Lipinski definition) is 6. The smallest absolute Gasteiger partial charge is 0.277 e. The van der Waals surface area contributed by atoms with Gasteiger partial charge >= 0.3 is 0 Å². The molecule has 0 aliphatic carbocycles. The van der Waals surface area contributed by atoms with Crippen LogP contribution in [0.2, 0.25) is 0 Å². The zero-order chi connectivity index (χ0) is 19.8. The molecule has 0 saturated carbocycles. The van der Waals surface area contributed by atoms with Gasteiger partial charge in [0.25, 0.3) is 10.5 Å². The summed E-state index contributed by atoms with van der Waals surface area (Å²) in [5.41, 5.74) is 1.15. The van der Waals surface area contributed by atoms with Crippen molar-refractivity contribution in [1.29, 1.82) is 0 Å². The van der Waals surface area contributed by atoms with Crippen molar-refractivity contribution in [3.8, 4) is 0 Å². The highest BCUT2D eigenvalue weighted by atomic mass is 35.5. The van der Waals surface area contributed by atoms with Crippen LogP contribution in [0.15, 0.2) is 60.7 Å². The molecule has 150 valence electrons. The summed E-state index contributed by atoms with van der Waals surface area (Å²) in [5, 5.41) is 16.7. The van der Waals surface area contributed by atoms with Crippen LogP contribution in [-0.4, -0.2) is 47.8 Å². The molecule has 2 fully saturated rings. The molecule has 0 spiro atoms. The van der Waals surface area contributed by atoms with Crippen LogP contribution in [0, 0.1) is 0 Å². The van der Waals surface area contributed by atoms with E-state index in [0.29, 0.717) is 11.1 Å². The van der Waals surface area contributed by atoms with Gasteiger partial charge in [0.05, 0.1) is 13.2 Å². The van der Waals surface area contributed by atoms with Crippen molar-refractivity contribution < 1.29 is 29.2 Å². The molecule has 28 heavy (non-hydrogen) atoms. The maximum Gasteiger partial charge on any atom is 0.277 e. The number of benzene rings is 2. The van der Waals surface area contributed by atoms with Crippen LogP contribution >= 0.6 is 23.2 Å². The van der Waals surface area contributed by atoms with Crippen molar-refractivity contribution in [1.82, 2.24) is 0 Å². The fourth-order valence-corrected chi connectivity index (χ4v) is 4.01. The average molecular weight is 427 g/mol. The van der Waals surface area contributed by atoms with E-state index in [4.69, 9.17) is 42.1 Å². The van der Waals surface area contributed by atoms with Gasteiger partial charge in [0.2, 0.25) is 0 Å². The molecule has 6 nitrogen and oxygen atoms in total. The first kappa shape index (κ1) is 20.1. The SMILES string of the molecule is OC[C@H](O)[C@@H]1OC(Cl)(c2ccccc2)O[C@@H]2COC(Cl)(c3ccccc3)O[C@H]12. The summed E-state index contributed by atoms with van der Waals surface area (Å²) in [6, 6.07) is 17.9. The van der Waals surface area contributed by atoms with Gasteiger partial charge in [-0.25, -0.2) is 0 Å². The van der Waals surface area contributed by atoms with Gasteiger partial charge in [0.15, 0.2) is 0 Å². The molecule has 0 bridgehead atoms. The molecule has 2 heterocycles. The van der Waals surface area contributed by atoms with Crippen molar-refractivity contribution in [2.24, 2.45) is 0 Å². The molecular weight excluding hydrogens is 407 g/mol. The lowest BCUT2D eigenvalue weighted by atomic mass is 9.99. The van der Waals surface area contributed by atoms with Crippen LogP contribution in [-0.2, 0) is 29.4 Å². The predicted molar refractivity (Wildman–Crippen MR) is 102 cm³/mol. The molecule has 6 atom stereocenters. The lowest BCUT2D eigenvalue weighted by Crippen LogP contribution is -2.64. The minimum Gasteiger partial charge on any atom is -0.394 e. The molecule has 2 aromatic carbocycles. The van der Waals surface area contributed by atoms with E-state index in [9.17, 15) is 10.2 Å². The van der Waals surface area contributed by atoms with Crippen LogP contribution in [0.5, 0.6) is 0 Å². The number of ether oxygens (including phenoxy) is 4. The molecule has 2 aromatic rings. The van der Waals surface area contributed by atoms with Crippen LogP contribution in [0.25, 0.3) is 0 Å². The molecule has 2 N–H and O–H groups in total. The molecule has 0 radical (unpaired) electrons. The number of aliphatic hydroxyl groups is 2. The number of rotatable bonds is 4. The quantitative estimate of drug-likeness (QED) is 0.731. The molecule has 2 unspecified atom stereocenters. The standard InChI is InChI=1S/C20H20Cl2O6/c21-19(13-7-3-1-4-8-13)25-12-16-18(28-19)17(15(24)11-23)27-20(22,26-16)14-9-5-2-6-10-14/h1-10,15-18,23-24H,11-12H2/t15-,16+,17-,18-,19?,20?/m0/s1. The summed E-state index contributed by atoms with van der Waals surface area (Å²) in [4.78, 5) is 0. The number of alkyl halides is 2. The second-order valence-electron chi connectivity index (χ2n) is 6.69. The molecule has 8 heteroatoms. The maximum absolute atomic E-state index is 10.4. The normalized spacial score (nSPS) is 36.5. The Kier molecular flexibility index (Phi) is 5.66. The highest BCUT2D eigenvalue weighted by Crippen LogP contribution is 2.47. The Balaban J connectivity index is 1.65. The van der Waals surface area contributed by atoms with Gasteiger partial charge in [-0.2, -0.15) is 0 Å². The lowest BCUT2D eigenvalue weighted by Gasteiger charge is -2.51. The minimum atomic E-state index is -1.66. The summed E-state index contributed by atoms with van der Waals surface area (Å²) in [6.45, 7) is -0.483. The zero-order valence-electron chi connectivity index (χ0n) is 14.8. The van der Waals surface area contributed by atoms with Gasteiger partial charge in [0, 0.05) is 11.1 Å². The fraction of sp³-hybridized carbons (Fsp3) is 0.400. The van der Waals surface area contributed by atoms with Gasteiger partial charge in [-0.15, -0.1) is 0 Å². The Labute approximate surface area is 172 Å². The summed E-state index contributed by atoms with van der Waals surface area (Å²) in [5.74, 6) is 0. The third-order valence-electron chi connectivity index (χ3n) is 4.81. The third kappa shape index (κ3) is 3.67. The Morgan fingerprint density at radius 1 is 0.893 bits per heavy atom. The number of halogens is 2. The molecule has 4 rings (SSSR count). The Morgan fingerprint density at radius 2 is 1.46 bits per heavy atom. The van der Waals surface area contributed by atoms with Gasteiger partial charge < -0.3 is 29.2 Å². The summed E-state index contributed by atoms with van der Waals surface area (Å²) in [6.07, 6.45) is -3.74. The van der Waals surface area contributed by atoms with Crippen LogP contribution in [0.1, 0.15) is 11.1 Å². The molecule has 0 aromatic heterocycles. The van der Waals surface area contributed by atoms with Crippen LogP contribution < -0.4 is 0 Å². The maximum atomic E-state index is 10.4. The van der Waals surface area contributed by atoms with Gasteiger partial charge in [-0.3, -0.25) is 0 Å². The number of fused-ring (bicyclic) bond motifs is 1. The predicted octanol–water partition coefficient (Wildman–Crippen LogP) is 2.64. The summed E-state index contributed by atoms with van der Waals surface area (Å²) >= 11 is 13.2. The van der Waals surface area contributed by atoms with E-state index in [2.05, 4.69) is 0 Å². The molecular formula is C20H20Cl2O6. The van der Waals surface area contributed by atoms with E-state index < -0.39 is 41.5 Å². The van der Waals surface area contributed by atoms with Gasteiger partial charge in [0.1, 0.15) is 24.4 Å². The van der Waals surface area contributed by atoms with Crippen molar-refractivity contribution in [3.63, 3.8) is 0 Å². The van der Waals surface area contributed by atoms with E-state index in [1.54, 1.807) is 36.4 Å². The highest BCUT2D eigenvalue weighted by Gasteiger charge is 2.56. The third-order valence-corrected chi connectivity index (χ3v) is 5.62. The zero-order valence-corrected chi connectivity index (χ0v) is 16.3. The summed E-state index contributed by atoms with van der Waals surface area (Å²) in [7, 11) is 0. The Morgan fingerprint density at radius 3 is 2.04 bits per heavy atom. The van der Waals surface area contributed by atoms with Crippen LogP contribution in [0.4, 0.5) is 0 Å². The van der Waals surface area contributed by atoms with Crippen molar-refractivity contribution in [2.45, 2.75) is 34.9 Å². The molecule has 0 amide bonds. The molecule has 2 aliphatic rings. The molecule has 2 aliphatic heterocycles. The van der Waals surface area contributed by atoms with Gasteiger partial charge in [-0.05, 0) is 0 Å². The van der Waals surface area contributed by atoms with Gasteiger partial charge in [-0.1, -0.05) is 83.9 Å².